The molecular formula is C37H42N4O8S. The summed E-state index contributed by atoms with van der Waals surface area (Å²) in [7, 11) is -1.58. The van der Waals surface area contributed by atoms with E-state index in [1.807, 2.05) is 44.2 Å². The molecule has 0 aliphatic rings. The maximum absolute atomic E-state index is 14.7. The molecule has 264 valence electrons. The first-order valence-electron chi connectivity index (χ1n) is 16.1. The van der Waals surface area contributed by atoms with Crippen molar-refractivity contribution in [1.29, 1.82) is 0 Å². The summed E-state index contributed by atoms with van der Waals surface area (Å²) >= 11 is 0. The lowest BCUT2D eigenvalue weighted by molar-refractivity contribution is -0.385. The number of nitro benzene ring substituents is 1. The van der Waals surface area contributed by atoms with Gasteiger partial charge in [0, 0.05) is 30.6 Å². The number of hydrogen-bond donors (Lipinski definition) is 1. The number of aryl methyl sites for hydroxylation is 1. The minimum absolute atomic E-state index is 0.0477. The number of nitrogens with one attached hydrogen (secondary N) is 1. The maximum Gasteiger partial charge on any atom is 0.273 e. The van der Waals surface area contributed by atoms with E-state index in [0.717, 1.165) is 15.9 Å². The van der Waals surface area contributed by atoms with E-state index in [2.05, 4.69) is 5.32 Å². The fourth-order valence-electron chi connectivity index (χ4n) is 5.31. The number of carbonyl (C=O) groups is 2. The van der Waals surface area contributed by atoms with E-state index >= 15 is 0 Å². The van der Waals surface area contributed by atoms with E-state index in [0.29, 0.717) is 23.5 Å². The van der Waals surface area contributed by atoms with E-state index in [4.69, 9.17) is 9.47 Å². The van der Waals surface area contributed by atoms with Crippen LogP contribution >= 0.6 is 0 Å². The van der Waals surface area contributed by atoms with Crippen LogP contribution in [0.4, 0.5) is 11.4 Å². The summed E-state index contributed by atoms with van der Waals surface area (Å²) in [5.74, 6) is -0.0730. The molecule has 0 spiro atoms. The molecule has 0 saturated carbocycles. The highest BCUT2D eigenvalue weighted by atomic mass is 32.2. The van der Waals surface area contributed by atoms with Crippen molar-refractivity contribution in [2.75, 3.05) is 25.1 Å². The van der Waals surface area contributed by atoms with Crippen molar-refractivity contribution < 1.29 is 32.4 Å². The summed E-state index contributed by atoms with van der Waals surface area (Å²) in [4.78, 5) is 40.8. The van der Waals surface area contributed by atoms with Crippen LogP contribution in [0.5, 0.6) is 11.5 Å². The van der Waals surface area contributed by atoms with Gasteiger partial charge in [0.1, 0.15) is 24.1 Å². The Morgan fingerprint density at radius 2 is 1.54 bits per heavy atom. The molecule has 4 aromatic rings. The highest BCUT2D eigenvalue weighted by Crippen LogP contribution is 2.30. The molecule has 0 radical (unpaired) electrons. The van der Waals surface area contributed by atoms with Crippen molar-refractivity contribution in [1.82, 2.24) is 10.2 Å². The van der Waals surface area contributed by atoms with Gasteiger partial charge in [0.15, 0.2) is 0 Å². The Hall–Kier alpha value is -5.43. The van der Waals surface area contributed by atoms with Crippen molar-refractivity contribution >= 4 is 33.2 Å². The predicted octanol–water partition coefficient (Wildman–Crippen LogP) is 5.67. The molecule has 4 rings (SSSR count). The molecule has 0 bridgehead atoms. The Balaban J connectivity index is 1.86. The molecule has 0 aliphatic heterocycles. The second-order valence-corrected chi connectivity index (χ2v) is 13.7. The first kappa shape index (κ1) is 37.4. The van der Waals surface area contributed by atoms with Crippen molar-refractivity contribution in [2.24, 2.45) is 0 Å². The lowest BCUT2D eigenvalue weighted by Gasteiger charge is -2.34. The average Bonchev–Trinajstić information content (AvgIpc) is 3.12. The zero-order valence-corrected chi connectivity index (χ0v) is 29.6. The number of nitro groups is 1. The molecule has 0 aliphatic carbocycles. The Morgan fingerprint density at radius 3 is 2.16 bits per heavy atom. The largest absolute Gasteiger partial charge is 0.497 e. The van der Waals surface area contributed by atoms with Gasteiger partial charge in [-0.05, 0) is 73.9 Å². The van der Waals surface area contributed by atoms with Gasteiger partial charge < -0.3 is 19.7 Å². The second kappa shape index (κ2) is 16.8. The number of sulfonamides is 1. The number of methoxy groups -OCH3 is 2. The topological polar surface area (TPSA) is 148 Å². The van der Waals surface area contributed by atoms with E-state index in [1.165, 1.54) is 50.3 Å². The van der Waals surface area contributed by atoms with Crippen LogP contribution in [-0.2, 0) is 32.6 Å². The van der Waals surface area contributed by atoms with Gasteiger partial charge >= 0.3 is 0 Å². The van der Waals surface area contributed by atoms with Crippen LogP contribution in [0, 0.1) is 17.0 Å². The minimum Gasteiger partial charge on any atom is -0.497 e. The smallest absolute Gasteiger partial charge is 0.273 e. The molecule has 0 heterocycles. The summed E-state index contributed by atoms with van der Waals surface area (Å²) in [6.07, 6.45) is 0.804. The highest BCUT2D eigenvalue weighted by molar-refractivity contribution is 7.92. The van der Waals surface area contributed by atoms with Crippen molar-refractivity contribution in [2.45, 2.75) is 57.1 Å². The first-order chi connectivity index (χ1) is 23.9. The molecule has 0 aromatic heterocycles. The van der Waals surface area contributed by atoms with Crippen LogP contribution in [-0.4, -0.2) is 62.9 Å². The Labute approximate surface area is 292 Å². The normalized spacial score (nSPS) is 12.3. The summed E-state index contributed by atoms with van der Waals surface area (Å²) in [6, 6.07) is 24.7. The van der Waals surface area contributed by atoms with Gasteiger partial charge in [-0.15, -0.1) is 0 Å². The minimum atomic E-state index is -4.57. The molecule has 13 heteroatoms. The number of carbonyl (C=O) groups excluding carboxylic acids is 2. The average molecular weight is 703 g/mol. The number of nitrogens with zero attached hydrogens (tertiary/aromatic N) is 3. The van der Waals surface area contributed by atoms with Crippen molar-refractivity contribution in [3.05, 3.63) is 124 Å². The maximum atomic E-state index is 14.7. The van der Waals surface area contributed by atoms with Crippen LogP contribution in [0.15, 0.2) is 102 Å². The quantitative estimate of drug-likeness (QED) is 0.116. The summed E-state index contributed by atoms with van der Waals surface area (Å²) in [5.41, 5.74) is 1.47. The fourth-order valence-corrected chi connectivity index (χ4v) is 6.75. The Kier molecular flexibility index (Phi) is 12.6. The molecule has 12 nitrogen and oxygen atoms in total. The lowest BCUT2D eigenvalue weighted by atomic mass is 10.0. The Morgan fingerprint density at radius 1 is 0.880 bits per heavy atom. The standard InChI is InChI=1S/C37H42N4O8S/c1-6-27(3)38-37(43)35(22-28-11-8-7-9-12-28)39(24-29-13-10-14-32(21-29)49-5)36(42)25-40(30-16-18-31(48-4)19-17-30)50(46,47)33-20-15-26(2)34(23-33)41(44)45/h7-21,23,27,35H,6,22,24-25H2,1-5H3,(H,38,43)/t27-,35+/m0/s1. The van der Waals surface area contributed by atoms with Gasteiger partial charge in [0.2, 0.25) is 11.8 Å². The zero-order chi connectivity index (χ0) is 36.4. The lowest BCUT2D eigenvalue weighted by Crippen LogP contribution is -2.54. The monoisotopic (exact) mass is 702 g/mol. The van der Waals surface area contributed by atoms with Crippen LogP contribution in [0.25, 0.3) is 0 Å². The highest BCUT2D eigenvalue weighted by Gasteiger charge is 2.35. The molecule has 50 heavy (non-hydrogen) atoms. The zero-order valence-electron chi connectivity index (χ0n) is 28.7. The summed E-state index contributed by atoms with van der Waals surface area (Å²) in [5, 5.41) is 14.8. The van der Waals surface area contributed by atoms with Gasteiger partial charge in [0.25, 0.3) is 15.7 Å². The molecule has 4 aromatic carbocycles. The van der Waals surface area contributed by atoms with E-state index in [9.17, 15) is 28.1 Å². The number of rotatable bonds is 16. The van der Waals surface area contributed by atoms with Gasteiger partial charge in [-0.3, -0.25) is 24.0 Å². The SMILES string of the molecule is CC[C@H](C)NC(=O)[C@@H](Cc1ccccc1)N(Cc1cccc(OC)c1)C(=O)CN(c1ccc(OC)cc1)S(=O)(=O)c1ccc(C)c([N+](=O)[O-])c1. The fraction of sp³-hybridized carbons (Fsp3) is 0.297. The van der Waals surface area contributed by atoms with Gasteiger partial charge in [0.05, 0.1) is 29.7 Å². The van der Waals surface area contributed by atoms with Crippen LogP contribution in [0.2, 0.25) is 0 Å². The molecule has 0 saturated heterocycles. The number of benzene rings is 4. The van der Waals surface area contributed by atoms with Crippen LogP contribution < -0.4 is 19.1 Å². The molecule has 0 unspecified atom stereocenters. The molecular weight excluding hydrogens is 660 g/mol. The van der Waals surface area contributed by atoms with Crippen LogP contribution in [0.1, 0.15) is 37.0 Å². The molecule has 2 atom stereocenters. The van der Waals surface area contributed by atoms with Crippen LogP contribution in [0.3, 0.4) is 0 Å². The third-order valence-corrected chi connectivity index (χ3v) is 10.1. The first-order valence-corrected chi connectivity index (χ1v) is 17.5. The number of amides is 2. The van der Waals surface area contributed by atoms with Gasteiger partial charge in [-0.1, -0.05) is 55.5 Å². The molecule has 0 fully saturated rings. The summed E-state index contributed by atoms with van der Waals surface area (Å²) in [6.45, 7) is 4.54. The van der Waals surface area contributed by atoms with E-state index in [1.54, 1.807) is 36.4 Å². The third kappa shape index (κ3) is 9.17. The molecule has 1 N–H and O–H groups in total. The van der Waals surface area contributed by atoms with Crippen molar-refractivity contribution in [3.8, 4) is 11.5 Å². The second-order valence-electron chi connectivity index (χ2n) is 11.8. The van der Waals surface area contributed by atoms with Gasteiger partial charge in [-0.25, -0.2) is 8.42 Å². The number of ether oxygens (including phenoxy) is 2. The number of anilines is 1. The van der Waals surface area contributed by atoms with E-state index < -0.39 is 39.3 Å². The van der Waals surface area contributed by atoms with Crippen molar-refractivity contribution in [3.63, 3.8) is 0 Å². The Bertz CT molecular complexity index is 1900. The number of hydrogen-bond acceptors (Lipinski definition) is 8. The van der Waals surface area contributed by atoms with E-state index in [-0.39, 0.29) is 40.8 Å². The molecule has 2 amide bonds. The van der Waals surface area contributed by atoms with Gasteiger partial charge in [-0.2, -0.15) is 0 Å². The third-order valence-electron chi connectivity index (χ3n) is 8.36. The predicted molar refractivity (Wildman–Crippen MR) is 191 cm³/mol. The summed E-state index contributed by atoms with van der Waals surface area (Å²) < 4.78 is 40.3.